The number of rotatable bonds is 7. The quantitative estimate of drug-likeness (QED) is 0.565. The first-order valence-corrected chi connectivity index (χ1v) is 13.6. The van der Waals surface area contributed by atoms with Crippen molar-refractivity contribution >= 4 is 17.8 Å². The Kier molecular flexibility index (Phi) is 8.69. The van der Waals surface area contributed by atoms with Gasteiger partial charge in [-0.1, -0.05) is 81.8 Å². The number of piperidine rings is 1. The van der Waals surface area contributed by atoms with Crippen molar-refractivity contribution in [2.24, 2.45) is 17.6 Å². The average molecular weight is 523 g/mol. The lowest BCUT2D eigenvalue weighted by Crippen LogP contribution is -2.54. The van der Waals surface area contributed by atoms with Crippen LogP contribution in [0.5, 0.6) is 0 Å². The number of carbonyl (C=O) groups excluding carboxylic acids is 3. The van der Waals surface area contributed by atoms with Gasteiger partial charge in [0.15, 0.2) is 0 Å². The molecule has 0 aliphatic carbocycles. The van der Waals surface area contributed by atoms with Gasteiger partial charge in [0.1, 0.15) is 12.2 Å². The van der Waals surface area contributed by atoms with E-state index in [1.165, 1.54) is 15.4 Å². The van der Waals surface area contributed by atoms with Crippen molar-refractivity contribution in [3.63, 3.8) is 0 Å². The van der Waals surface area contributed by atoms with Crippen molar-refractivity contribution in [1.82, 2.24) is 15.1 Å². The van der Waals surface area contributed by atoms with Crippen LogP contribution in [0.4, 0.5) is 9.18 Å². The molecule has 4 rings (SSSR count). The summed E-state index contributed by atoms with van der Waals surface area (Å²) in [4.78, 5) is 42.0. The molecule has 38 heavy (non-hydrogen) atoms. The van der Waals surface area contributed by atoms with Crippen LogP contribution in [-0.2, 0) is 9.59 Å². The third-order valence-corrected chi connectivity index (χ3v) is 7.97. The molecular formula is C30H39FN4O3. The molecule has 2 fully saturated rings. The minimum atomic E-state index is -1.28. The fourth-order valence-electron chi connectivity index (χ4n) is 5.69. The molecule has 2 saturated heterocycles. The minimum Gasteiger partial charge on any atom is -0.351 e. The molecule has 8 heteroatoms. The van der Waals surface area contributed by atoms with E-state index in [-0.39, 0.29) is 37.2 Å². The van der Waals surface area contributed by atoms with Crippen LogP contribution in [0, 0.1) is 11.8 Å². The summed E-state index contributed by atoms with van der Waals surface area (Å²) in [6, 6.07) is 15.9. The first-order chi connectivity index (χ1) is 18.2. The zero-order valence-electron chi connectivity index (χ0n) is 22.5. The van der Waals surface area contributed by atoms with E-state index in [0.29, 0.717) is 18.9 Å². The van der Waals surface area contributed by atoms with E-state index < -0.39 is 30.2 Å². The van der Waals surface area contributed by atoms with E-state index in [2.05, 4.69) is 31.3 Å². The summed E-state index contributed by atoms with van der Waals surface area (Å²) in [5.41, 5.74) is 8.54. The minimum absolute atomic E-state index is 0.0468. The molecule has 0 spiro atoms. The number of nitrogens with zero attached hydrogens (tertiary/aromatic N) is 2. The largest absolute Gasteiger partial charge is 0.351 e. The van der Waals surface area contributed by atoms with E-state index in [4.69, 9.17) is 5.73 Å². The van der Waals surface area contributed by atoms with Gasteiger partial charge < -0.3 is 20.9 Å². The number of amides is 4. The third-order valence-electron chi connectivity index (χ3n) is 7.97. The second-order valence-electron chi connectivity index (χ2n) is 11.0. The Morgan fingerprint density at radius 1 is 0.947 bits per heavy atom. The zero-order chi connectivity index (χ0) is 27.4. The average Bonchev–Trinajstić information content (AvgIpc) is 3.33. The monoisotopic (exact) mass is 522 g/mol. The van der Waals surface area contributed by atoms with Gasteiger partial charge in [-0.05, 0) is 34.9 Å². The van der Waals surface area contributed by atoms with Crippen LogP contribution in [0.2, 0.25) is 0 Å². The Morgan fingerprint density at radius 3 is 2.18 bits per heavy atom. The van der Waals surface area contributed by atoms with Crippen LogP contribution in [0.25, 0.3) is 0 Å². The second-order valence-corrected chi connectivity index (χ2v) is 11.0. The molecule has 204 valence electrons. The van der Waals surface area contributed by atoms with Gasteiger partial charge >= 0.3 is 6.03 Å². The predicted octanol–water partition coefficient (Wildman–Crippen LogP) is 4.38. The first-order valence-electron chi connectivity index (χ1n) is 13.6. The molecule has 2 aliphatic heterocycles. The van der Waals surface area contributed by atoms with Crippen molar-refractivity contribution in [3.05, 3.63) is 71.3 Å². The molecule has 3 unspecified atom stereocenters. The lowest BCUT2D eigenvalue weighted by molar-refractivity contribution is -0.143. The van der Waals surface area contributed by atoms with Crippen molar-refractivity contribution < 1.29 is 18.8 Å². The van der Waals surface area contributed by atoms with E-state index in [0.717, 1.165) is 17.5 Å². The van der Waals surface area contributed by atoms with Crippen molar-refractivity contribution in [2.75, 3.05) is 19.6 Å². The molecule has 2 aliphatic rings. The Hall–Kier alpha value is -3.42. The summed E-state index contributed by atoms with van der Waals surface area (Å²) < 4.78 is 14.7. The lowest BCUT2D eigenvalue weighted by atomic mass is 9.86. The number of hydrogen-bond donors (Lipinski definition) is 2. The Labute approximate surface area is 224 Å². The summed E-state index contributed by atoms with van der Waals surface area (Å²) in [5, 5.41) is 3.11. The molecule has 4 amide bonds. The number of alkyl halides is 1. The lowest BCUT2D eigenvalue weighted by Gasteiger charge is -2.38. The Bertz CT molecular complexity index is 1120. The predicted molar refractivity (Wildman–Crippen MR) is 145 cm³/mol. The van der Waals surface area contributed by atoms with Crippen LogP contribution < -0.4 is 11.1 Å². The molecule has 0 saturated carbocycles. The molecule has 7 nitrogen and oxygen atoms in total. The number of urea groups is 1. The number of primary amides is 1. The summed E-state index contributed by atoms with van der Waals surface area (Å²) in [5.74, 6) is -0.652. The van der Waals surface area contributed by atoms with E-state index in [9.17, 15) is 18.8 Å². The van der Waals surface area contributed by atoms with Crippen molar-refractivity contribution in [1.29, 1.82) is 0 Å². The summed E-state index contributed by atoms with van der Waals surface area (Å²) >= 11 is 0. The van der Waals surface area contributed by atoms with Crippen molar-refractivity contribution in [3.8, 4) is 0 Å². The molecule has 2 heterocycles. The van der Waals surface area contributed by atoms with Crippen LogP contribution >= 0.6 is 0 Å². The summed E-state index contributed by atoms with van der Waals surface area (Å²) in [6.45, 7) is 6.85. The van der Waals surface area contributed by atoms with Gasteiger partial charge in [0, 0.05) is 19.5 Å². The Morgan fingerprint density at radius 2 is 1.58 bits per heavy atom. The maximum absolute atomic E-state index is 14.7. The van der Waals surface area contributed by atoms with Gasteiger partial charge in [-0.15, -0.1) is 0 Å². The first kappa shape index (κ1) is 27.6. The van der Waals surface area contributed by atoms with Gasteiger partial charge in [-0.3, -0.25) is 9.59 Å². The summed E-state index contributed by atoms with van der Waals surface area (Å²) in [7, 11) is 0. The highest BCUT2D eigenvalue weighted by atomic mass is 19.1. The zero-order valence-corrected chi connectivity index (χ0v) is 22.5. The number of nitrogens with one attached hydrogen (secondary N) is 1. The maximum Gasteiger partial charge on any atom is 0.314 e. The molecular weight excluding hydrogens is 483 g/mol. The second kappa shape index (κ2) is 12.0. The molecule has 0 aromatic heterocycles. The number of likely N-dealkylation sites (tertiary alicyclic amines) is 2. The SMILES string of the molecule is CCC1CC(C(=O)N2C[C@H](F)CC2C(=O)N[C@@H](c2ccccc2)c2ccc(C(C)C)cc2)CN(C(N)=O)C1. The van der Waals surface area contributed by atoms with Crippen LogP contribution in [0.3, 0.4) is 0 Å². The topological polar surface area (TPSA) is 95.7 Å². The smallest absolute Gasteiger partial charge is 0.314 e. The van der Waals surface area contributed by atoms with Crippen LogP contribution in [0.15, 0.2) is 54.6 Å². The van der Waals surface area contributed by atoms with Gasteiger partial charge in [0.05, 0.1) is 18.5 Å². The van der Waals surface area contributed by atoms with Crippen LogP contribution in [0.1, 0.15) is 68.7 Å². The number of halogens is 1. The van der Waals surface area contributed by atoms with Crippen LogP contribution in [-0.4, -0.2) is 59.5 Å². The van der Waals surface area contributed by atoms with E-state index in [1.54, 1.807) is 0 Å². The standard InChI is InChI=1S/C30H39FN4O3/c1-4-20-14-24(17-34(16-20)30(32)38)29(37)35-18-25(31)15-26(35)28(36)33-27(22-8-6-5-7-9-22)23-12-10-21(11-13-23)19(2)3/h5-13,19-20,24-27H,4,14-18H2,1-3H3,(H2,32,38)(H,33,36)/t20?,24?,25-,26?,27+/m1/s1. The van der Waals surface area contributed by atoms with Gasteiger partial charge in [-0.25, -0.2) is 9.18 Å². The Balaban J connectivity index is 1.56. The highest BCUT2D eigenvalue weighted by molar-refractivity contribution is 5.90. The third kappa shape index (κ3) is 6.17. The number of nitrogens with two attached hydrogens (primary N) is 1. The van der Waals surface area contributed by atoms with E-state index in [1.807, 2.05) is 49.4 Å². The molecule has 0 radical (unpaired) electrons. The molecule has 0 bridgehead atoms. The molecule has 2 aromatic carbocycles. The fourth-order valence-corrected chi connectivity index (χ4v) is 5.69. The van der Waals surface area contributed by atoms with E-state index >= 15 is 0 Å². The molecule has 5 atom stereocenters. The maximum atomic E-state index is 14.7. The van der Waals surface area contributed by atoms with Gasteiger partial charge in [0.2, 0.25) is 11.8 Å². The van der Waals surface area contributed by atoms with Gasteiger partial charge in [-0.2, -0.15) is 0 Å². The number of carbonyl (C=O) groups is 3. The number of benzene rings is 2. The highest BCUT2D eigenvalue weighted by Gasteiger charge is 2.44. The van der Waals surface area contributed by atoms with Crippen molar-refractivity contribution in [2.45, 2.75) is 64.2 Å². The number of hydrogen-bond acceptors (Lipinski definition) is 3. The fraction of sp³-hybridized carbons (Fsp3) is 0.500. The molecule has 3 N–H and O–H groups in total. The van der Waals surface area contributed by atoms with Gasteiger partial charge in [0.25, 0.3) is 0 Å². The molecule has 2 aromatic rings. The summed E-state index contributed by atoms with van der Waals surface area (Å²) in [6.07, 6.45) is 0.0651. The normalized spacial score (nSPS) is 24.3. The highest BCUT2D eigenvalue weighted by Crippen LogP contribution is 2.31.